The highest BCUT2D eigenvalue weighted by Gasteiger charge is 2.30. The summed E-state index contributed by atoms with van der Waals surface area (Å²) in [5.41, 5.74) is 0. The Balaban J connectivity index is 2.05. The number of benzene rings is 4. The number of ether oxygens (including phenoxy) is 1. The molecule has 4 rings (SSSR count). The lowest BCUT2D eigenvalue weighted by Gasteiger charge is -2.20. The van der Waals surface area contributed by atoms with Gasteiger partial charge in [0.1, 0.15) is 5.75 Å². The second-order valence-corrected chi connectivity index (χ2v) is 16.9. The van der Waals surface area contributed by atoms with Crippen LogP contribution in [0.4, 0.5) is 0 Å². The molecular formula is C31H34N2O14S3. The van der Waals surface area contributed by atoms with E-state index in [1.54, 1.807) is 0 Å². The van der Waals surface area contributed by atoms with Gasteiger partial charge < -0.3 is 20.1 Å². The summed E-state index contributed by atoms with van der Waals surface area (Å²) in [5.74, 6) is -4.93. The highest BCUT2D eigenvalue weighted by atomic mass is 32.2. The fraction of sp³-hybridized carbons (Fsp3) is 0.355. The van der Waals surface area contributed by atoms with Crippen molar-refractivity contribution in [1.82, 2.24) is 9.44 Å². The van der Waals surface area contributed by atoms with E-state index < -0.39 is 69.3 Å². The number of carboxylic acids is 3. The minimum absolute atomic E-state index is 0.00403. The number of unbranched alkanes of at least 4 members (excludes halogenated alkanes) is 1. The lowest BCUT2D eigenvalue weighted by molar-refractivity contribution is -0.138. The van der Waals surface area contributed by atoms with Gasteiger partial charge in [-0.25, -0.2) is 34.7 Å². The van der Waals surface area contributed by atoms with Gasteiger partial charge >= 0.3 is 23.9 Å². The molecule has 0 spiro atoms. The maximum absolute atomic E-state index is 13.7. The molecule has 16 nitrogen and oxygen atoms in total. The van der Waals surface area contributed by atoms with Crippen LogP contribution in [0.1, 0.15) is 51.9 Å². The van der Waals surface area contributed by atoms with Crippen molar-refractivity contribution in [2.75, 3.05) is 18.8 Å². The Morgan fingerprint density at radius 1 is 0.600 bits per heavy atom. The molecule has 0 aromatic heterocycles. The summed E-state index contributed by atoms with van der Waals surface area (Å²) in [4.78, 5) is 43.7. The Kier molecular flexibility index (Phi) is 11.7. The molecule has 4 aromatic carbocycles. The van der Waals surface area contributed by atoms with E-state index in [0.717, 1.165) is 19.1 Å². The second-order valence-electron chi connectivity index (χ2n) is 11.4. The number of rotatable bonds is 19. The zero-order valence-electron chi connectivity index (χ0n) is 26.6. The summed E-state index contributed by atoms with van der Waals surface area (Å²) in [5, 5.41) is 27.1. The van der Waals surface area contributed by atoms with Crippen LogP contribution >= 0.6 is 0 Å². The van der Waals surface area contributed by atoms with E-state index in [1.165, 1.54) is 24.3 Å². The number of sulfonamides is 2. The molecule has 0 saturated carbocycles. The molecule has 50 heavy (non-hydrogen) atoms. The zero-order valence-corrected chi connectivity index (χ0v) is 29.0. The molecule has 0 saturated heterocycles. The summed E-state index contributed by atoms with van der Waals surface area (Å²) >= 11 is 0. The predicted octanol–water partition coefficient (Wildman–Crippen LogP) is 2.82. The van der Waals surface area contributed by atoms with Gasteiger partial charge in [0, 0.05) is 77.7 Å². The van der Waals surface area contributed by atoms with Crippen LogP contribution in [0, 0.1) is 0 Å². The van der Waals surface area contributed by atoms with E-state index in [9.17, 15) is 44.4 Å². The molecule has 0 heterocycles. The second kappa shape index (κ2) is 15.2. The molecule has 0 amide bonds. The highest BCUT2D eigenvalue weighted by Crippen LogP contribution is 2.45. The Hall–Kier alpha value is -4.43. The number of esters is 1. The number of hydrogen-bond acceptors (Lipinski definition) is 11. The number of nitrogens with one attached hydrogen (secondary N) is 2. The molecule has 0 bridgehead atoms. The summed E-state index contributed by atoms with van der Waals surface area (Å²) in [6, 6.07) is 7.44. The normalized spacial score (nSPS) is 12.5. The number of carbonyl (C=O) groups excluding carboxylic acids is 1. The third kappa shape index (κ3) is 8.64. The van der Waals surface area contributed by atoms with Crippen LogP contribution in [0.5, 0.6) is 5.75 Å². The van der Waals surface area contributed by atoms with E-state index in [1.807, 2.05) is 0 Å². The van der Waals surface area contributed by atoms with Crippen molar-refractivity contribution in [2.24, 2.45) is 0 Å². The van der Waals surface area contributed by atoms with Crippen LogP contribution in [-0.4, -0.2) is 83.3 Å². The Morgan fingerprint density at radius 3 is 1.48 bits per heavy atom. The molecule has 0 aliphatic rings. The summed E-state index contributed by atoms with van der Waals surface area (Å²) in [6.45, 7) is 0.458. The average molecular weight is 755 g/mol. The fourth-order valence-electron chi connectivity index (χ4n) is 5.53. The molecule has 270 valence electrons. The van der Waals surface area contributed by atoms with Crippen molar-refractivity contribution >= 4 is 86.1 Å². The van der Waals surface area contributed by atoms with Crippen molar-refractivity contribution in [3.8, 4) is 5.75 Å². The monoisotopic (exact) mass is 754 g/mol. The van der Waals surface area contributed by atoms with Gasteiger partial charge in [0.2, 0.25) is 20.0 Å². The van der Waals surface area contributed by atoms with Crippen molar-refractivity contribution in [3.05, 3.63) is 36.4 Å². The zero-order chi connectivity index (χ0) is 37.0. The Labute approximate surface area is 286 Å². The maximum Gasteiger partial charge on any atom is 0.308 e. The molecule has 0 aliphatic carbocycles. The van der Waals surface area contributed by atoms with Crippen LogP contribution in [-0.2, 0) is 49.1 Å². The summed E-state index contributed by atoms with van der Waals surface area (Å²) in [6.07, 6.45) is -1.12. The van der Waals surface area contributed by atoms with Crippen LogP contribution in [0.2, 0.25) is 0 Å². The van der Waals surface area contributed by atoms with E-state index >= 15 is 0 Å². The van der Waals surface area contributed by atoms with Gasteiger partial charge in [0.25, 0.3) is 0 Å². The summed E-state index contributed by atoms with van der Waals surface area (Å²) in [7, 11) is -13.3. The van der Waals surface area contributed by atoms with Gasteiger partial charge in [0.05, 0.1) is 20.4 Å². The lowest BCUT2D eigenvalue weighted by Crippen LogP contribution is -2.28. The first-order chi connectivity index (χ1) is 23.4. The van der Waals surface area contributed by atoms with E-state index in [-0.39, 0.29) is 101 Å². The third-order valence-electron chi connectivity index (χ3n) is 7.69. The maximum atomic E-state index is 13.7. The molecule has 4 aromatic rings. The first-order valence-corrected chi connectivity index (χ1v) is 19.8. The van der Waals surface area contributed by atoms with Gasteiger partial charge in [-0.2, -0.15) is 0 Å². The highest BCUT2D eigenvalue weighted by molar-refractivity contribution is 7.91. The van der Waals surface area contributed by atoms with Crippen LogP contribution in [0.3, 0.4) is 0 Å². The van der Waals surface area contributed by atoms with E-state index in [2.05, 4.69) is 9.44 Å². The molecule has 0 fully saturated rings. The molecule has 19 heteroatoms. The van der Waals surface area contributed by atoms with Crippen molar-refractivity contribution in [1.29, 1.82) is 0 Å². The van der Waals surface area contributed by atoms with Crippen molar-refractivity contribution in [2.45, 2.75) is 66.6 Å². The molecule has 0 atom stereocenters. The van der Waals surface area contributed by atoms with Gasteiger partial charge in [-0.05, 0) is 37.8 Å². The minimum Gasteiger partial charge on any atom is -0.481 e. The van der Waals surface area contributed by atoms with E-state index in [4.69, 9.17) is 20.1 Å². The number of aliphatic carboxylic acids is 3. The number of hydrogen-bond donors (Lipinski definition) is 5. The fourth-order valence-corrected chi connectivity index (χ4v) is 9.81. The molecule has 5 N–H and O–H groups in total. The van der Waals surface area contributed by atoms with Crippen LogP contribution in [0.15, 0.2) is 51.1 Å². The number of sulfone groups is 1. The first kappa shape index (κ1) is 38.4. The first-order valence-electron chi connectivity index (χ1n) is 15.2. The quantitative estimate of drug-likeness (QED) is 0.0399. The third-order valence-corrected chi connectivity index (χ3v) is 12.5. The SMILES string of the molecule is CC(=O)Oc1cc(S(=O)(=O)CCCCC(=O)O)c2ccc3c(S(=O)(=O)NCCCC(=O)O)cc(S(=O)(=O)NCCCC(=O)O)c4ccc1c2c43. The average Bonchev–Trinajstić information content (AvgIpc) is 3.01. The smallest absolute Gasteiger partial charge is 0.308 e. The number of carbonyl (C=O) groups is 4. The van der Waals surface area contributed by atoms with Crippen molar-refractivity contribution < 1.29 is 64.5 Å². The standard InChI is InChI=1S/C31H34N2O14S3/c1-18(34)47-23-16-24(48(41,42)15-3-2-6-27(35)36)20-11-12-22-26(50(45,46)33-14-5-8-29(39)40)17-25(21-10-9-19(23)30(20)31(21)22)49(43,44)32-13-4-7-28(37)38/h9-12,16-17,32-33H,2-8,13-15H2,1H3,(H,35,36)(H,37,38)(H,39,40). The topological polar surface area (TPSA) is 265 Å². The lowest BCUT2D eigenvalue weighted by atomic mass is 9.93. The molecule has 0 radical (unpaired) electrons. The van der Waals surface area contributed by atoms with Crippen LogP contribution in [0.25, 0.3) is 32.3 Å². The predicted molar refractivity (Wildman–Crippen MR) is 179 cm³/mol. The molecule has 0 aliphatic heterocycles. The minimum atomic E-state index is -4.56. The largest absolute Gasteiger partial charge is 0.481 e. The van der Waals surface area contributed by atoms with Crippen LogP contribution < -0.4 is 14.2 Å². The Bertz CT molecular complexity index is 2250. The van der Waals surface area contributed by atoms with Gasteiger partial charge in [-0.1, -0.05) is 18.2 Å². The van der Waals surface area contributed by atoms with Gasteiger partial charge in [-0.15, -0.1) is 0 Å². The van der Waals surface area contributed by atoms with Gasteiger partial charge in [-0.3, -0.25) is 19.2 Å². The summed E-state index contributed by atoms with van der Waals surface area (Å²) < 4.78 is 92.3. The molecular weight excluding hydrogens is 721 g/mol. The molecule has 0 unspecified atom stereocenters. The van der Waals surface area contributed by atoms with Gasteiger partial charge in [0.15, 0.2) is 9.84 Å². The Morgan fingerprint density at radius 2 is 1.02 bits per heavy atom. The van der Waals surface area contributed by atoms with Crippen molar-refractivity contribution in [3.63, 3.8) is 0 Å². The van der Waals surface area contributed by atoms with E-state index in [0.29, 0.717) is 0 Å². The number of carboxylic acid groups (broad SMARTS) is 3.